The Kier molecular flexibility index (Phi) is 6.82. The average molecular weight is 522 g/mol. The number of nitrogens with two attached hydrogens (primary N) is 1. The van der Waals surface area contributed by atoms with E-state index in [-0.39, 0.29) is 30.0 Å². The number of rotatable bonds is 9. The number of hydrogen-bond acceptors (Lipinski definition) is 9. The summed E-state index contributed by atoms with van der Waals surface area (Å²) in [7, 11) is -7.76. The maximum Gasteiger partial charge on any atom is 0.274 e. The molecule has 2 aromatic heterocycles. The van der Waals surface area contributed by atoms with Gasteiger partial charge in [0.25, 0.3) is 10.2 Å². The van der Waals surface area contributed by atoms with Gasteiger partial charge in [0.05, 0.1) is 22.5 Å². The van der Waals surface area contributed by atoms with E-state index in [2.05, 4.69) is 15.2 Å². The van der Waals surface area contributed by atoms with Crippen molar-refractivity contribution in [2.75, 3.05) is 5.75 Å². The Morgan fingerprint density at radius 1 is 1.03 bits per heavy atom. The molecule has 4 aromatic rings. The molecule has 2 aromatic carbocycles. The van der Waals surface area contributed by atoms with Crippen LogP contribution in [0.25, 0.3) is 21.3 Å². The van der Waals surface area contributed by atoms with Gasteiger partial charge in [-0.05, 0) is 29.2 Å². The first-order valence-corrected chi connectivity index (χ1v) is 14.4. The molecule has 0 aliphatic heterocycles. The smallest absolute Gasteiger partial charge is 0.274 e. The van der Waals surface area contributed by atoms with Gasteiger partial charge in [0, 0.05) is 0 Å². The summed E-state index contributed by atoms with van der Waals surface area (Å²) in [5.41, 5.74) is 2.67. The third kappa shape index (κ3) is 5.67. The Labute approximate surface area is 201 Å². The van der Waals surface area contributed by atoms with Crippen LogP contribution >= 0.6 is 11.3 Å². The molecule has 1 unspecified atom stereocenters. The van der Waals surface area contributed by atoms with Crippen molar-refractivity contribution in [3.63, 3.8) is 0 Å². The molecule has 2 heterocycles. The van der Waals surface area contributed by atoms with Gasteiger partial charge in [-0.3, -0.25) is 0 Å². The van der Waals surface area contributed by atoms with Gasteiger partial charge in [0.2, 0.25) is 11.8 Å². The monoisotopic (exact) mass is 521 g/mol. The van der Waals surface area contributed by atoms with Crippen LogP contribution in [0.5, 0.6) is 0 Å². The molecule has 180 valence electrons. The first kappa shape index (κ1) is 24.4. The van der Waals surface area contributed by atoms with Crippen molar-refractivity contribution < 1.29 is 21.3 Å². The summed E-state index contributed by atoms with van der Waals surface area (Å²) in [6.45, 7) is 3.24. The fraction of sp³-hybridized carbons (Fsp3) is 0.286. The molecule has 0 aliphatic rings. The predicted octanol–water partition coefficient (Wildman–Crippen LogP) is 2.80. The van der Waals surface area contributed by atoms with E-state index in [4.69, 9.17) is 9.56 Å². The third-order valence-corrected chi connectivity index (χ3v) is 8.85. The second-order valence-corrected chi connectivity index (χ2v) is 12.7. The fourth-order valence-electron chi connectivity index (χ4n) is 3.44. The number of benzene rings is 2. The minimum Gasteiger partial charge on any atom is -0.422 e. The summed E-state index contributed by atoms with van der Waals surface area (Å²) in [6, 6.07) is 15.6. The largest absolute Gasteiger partial charge is 0.422 e. The normalized spacial score (nSPS) is 13.5. The van der Waals surface area contributed by atoms with E-state index in [1.54, 1.807) is 13.8 Å². The van der Waals surface area contributed by atoms with E-state index in [1.165, 1.54) is 11.3 Å². The van der Waals surface area contributed by atoms with Crippen molar-refractivity contribution >= 4 is 41.6 Å². The highest BCUT2D eigenvalue weighted by Crippen LogP contribution is 2.37. The fourth-order valence-corrected chi connectivity index (χ4v) is 7.22. The number of thiazole rings is 1. The van der Waals surface area contributed by atoms with E-state index < -0.39 is 25.3 Å². The van der Waals surface area contributed by atoms with Gasteiger partial charge < -0.3 is 4.42 Å². The molecule has 0 saturated carbocycles. The lowest BCUT2D eigenvalue weighted by Crippen LogP contribution is -2.30. The summed E-state index contributed by atoms with van der Waals surface area (Å²) in [5.74, 6) is -0.538. The lowest BCUT2D eigenvalue weighted by Gasteiger charge is -2.13. The molecule has 10 nitrogen and oxygen atoms in total. The number of sulfone groups is 1. The number of fused-ring (bicyclic) bond motifs is 1. The molecule has 0 radical (unpaired) electrons. The lowest BCUT2D eigenvalue weighted by atomic mass is 10.1. The van der Waals surface area contributed by atoms with E-state index in [1.807, 2.05) is 53.3 Å². The quantitative estimate of drug-likeness (QED) is 0.340. The molecule has 0 aliphatic carbocycles. The summed E-state index contributed by atoms with van der Waals surface area (Å²) in [5, 5.41) is 11.6. The van der Waals surface area contributed by atoms with E-state index in [0.29, 0.717) is 10.5 Å². The molecular weight excluding hydrogens is 498 g/mol. The van der Waals surface area contributed by atoms with Gasteiger partial charge in [-0.2, -0.15) is 13.1 Å². The van der Waals surface area contributed by atoms with Gasteiger partial charge in [0.1, 0.15) is 5.01 Å². The molecule has 0 fully saturated rings. The van der Waals surface area contributed by atoms with Gasteiger partial charge in [-0.1, -0.05) is 50.2 Å². The van der Waals surface area contributed by atoms with E-state index in [9.17, 15) is 16.8 Å². The SMILES string of the molecule is CC(C)CS(=O)(=O)C(c1nnc(CNS(N)(=O)=O)o1)c1nc2ccc(-c3ccccc3)cc2s1. The molecule has 0 spiro atoms. The molecule has 34 heavy (non-hydrogen) atoms. The van der Waals surface area contributed by atoms with E-state index >= 15 is 0 Å². The maximum atomic E-state index is 13.3. The van der Waals surface area contributed by atoms with Crippen molar-refractivity contribution in [2.24, 2.45) is 11.1 Å². The van der Waals surface area contributed by atoms with Crippen LogP contribution in [0.1, 0.15) is 35.9 Å². The van der Waals surface area contributed by atoms with Crippen molar-refractivity contribution in [3.05, 3.63) is 65.3 Å². The zero-order valence-electron chi connectivity index (χ0n) is 18.4. The van der Waals surface area contributed by atoms with Crippen LogP contribution in [0.3, 0.4) is 0 Å². The summed E-state index contributed by atoms with van der Waals surface area (Å²) >= 11 is 1.24. The van der Waals surface area contributed by atoms with Gasteiger partial charge in [-0.15, -0.1) is 21.5 Å². The minimum atomic E-state index is -3.98. The Balaban J connectivity index is 1.76. The highest BCUT2D eigenvalue weighted by molar-refractivity contribution is 7.92. The maximum absolute atomic E-state index is 13.3. The third-order valence-electron chi connectivity index (χ3n) is 4.79. The molecule has 0 amide bonds. The molecule has 3 N–H and O–H groups in total. The molecule has 0 saturated heterocycles. The van der Waals surface area contributed by atoms with Crippen molar-refractivity contribution in [3.8, 4) is 11.1 Å². The van der Waals surface area contributed by atoms with Gasteiger partial charge >= 0.3 is 0 Å². The highest BCUT2D eigenvalue weighted by atomic mass is 32.2. The van der Waals surface area contributed by atoms with Crippen molar-refractivity contribution in [1.82, 2.24) is 19.9 Å². The van der Waals surface area contributed by atoms with Crippen LogP contribution in [0.15, 0.2) is 52.9 Å². The summed E-state index contributed by atoms with van der Waals surface area (Å²) in [6.07, 6.45) is 0. The van der Waals surface area contributed by atoms with Gasteiger partial charge in [-0.25, -0.2) is 18.5 Å². The average Bonchev–Trinajstić information content (AvgIpc) is 3.37. The number of nitrogens with zero attached hydrogens (tertiary/aromatic N) is 3. The first-order valence-electron chi connectivity index (χ1n) is 10.3. The second-order valence-electron chi connectivity index (χ2n) is 8.10. The Morgan fingerprint density at radius 3 is 2.44 bits per heavy atom. The summed E-state index contributed by atoms with van der Waals surface area (Å²) in [4.78, 5) is 4.57. The summed E-state index contributed by atoms with van der Waals surface area (Å²) < 4.78 is 57.4. The van der Waals surface area contributed by atoms with Crippen molar-refractivity contribution in [1.29, 1.82) is 0 Å². The van der Waals surface area contributed by atoms with Crippen LogP contribution in [0, 0.1) is 5.92 Å². The highest BCUT2D eigenvalue weighted by Gasteiger charge is 2.37. The van der Waals surface area contributed by atoms with Gasteiger partial charge in [0.15, 0.2) is 15.1 Å². The number of nitrogens with one attached hydrogen (secondary N) is 1. The zero-order chi connectivity index (χ0) is 24.5. The Morgan fingerprint density at radius 2 is 1.76 bits per heavy atom. The standard InChI is InChI=1S/C21H23N5O5S3/c1-13(2)12-33(27,28)19(20-26-25-18(31-20)11-23-34(22,29)30)21-24-16-9-8-15(10-17(16)32-21)14-6-4-3-5-7-14/h3-10,13,19,23H,11-12H2,1-2H3,(H2,22,29,30). The molecule has 4 rings (SSSR count). The minimum absolute atomic E-state index is 0.110. The predicted molar refractivity (Wildman–Crippen MR) is 130 cm³/mol. The number of aromatic nitrogens is 3. The van der Waals surface area contributed by atoms with Crippen LogP contribution in [-0.4, -0.2) is 37.8 Å². The molecule has 1 atom stereocenters. The van der Waals surface area contributed by atoms with Crippen LogP contribution in [0.2, 0.25) is 0 Å². The first-order chi connectivity index (χ1) is 16.0. The number of hydrogen-bond donors (Lipinski definition) is 2. The van der Waals surface area contributed by atoms with Crippen LogP contribution < -0.4 is 9.86 Å². The molecular formula is C21H23N5O5S3. The molecule has 13 heteroatoms. The lowest BCUT2D eigenvalue weighted by molar-refractivity contribution is 0.443. The zero-order valence-corrected chi connectivity index (χ0v) is 20.8. The topological polar surface area (TPSA) is 158 Å². The van der Waals surface area contributed by atoms with E-state index in [0.717, 1.165) is 15.8 Å². The molecule has 0 bridgehead atoms. The van der Waals surface area contributed by atoms with Crippen LogP contribution in [0.4, 0.5) is 0 Å². The Bertz CT molecular complexity index is 1510. The van der Waals surface area contributed by atoms with Crippen LogP contribution in [-0.2, 0) is 26.6 Å². The van der Waals surface area contributed by atoms with Crippen molar-refractivity contribution in [2.45, 2.75) is 25.6 Å². The second kappa shape index (κ2) is 9.50. The Hall–Kier alpha value is -2.71.